The average Bonchev–Trinajstić information content (AvgIpc) is 3.23. The zero-order valence-corrected chi connectivity index (χ0v) is 14.7. The second kappa shape index (κ2) is 6.52. The van der Waals surface area contributed by atoms with E-state index in [1.165, 1.54) is 17.4 Å². The zero-order chi connectivity index (χ0) is 18.1. The highest BCUT2D eigenvalue weighted by Crippen LogP contribution is 2.27. The number of carboxylic acids is 1. The molecular weight excluding hydrogens is 344 g/mol. The fourth-order valence-electron chi connectivity index (χ4n) is 2.35. The lowest BCUT2D eigenvalue weighted by Gasteiger charge is -2.01. The number of furan rings is 1. The van der Waals surface area contributed by atoms with Crippen molar-refractivity contribution in [3.05, 3.63) is 46.1 Å². The lowest BCUT2D eigenvalue weighted by molar-refractivity contribution is 0.0694. The van der Waals surface area contributed by atoms with Crippen LogP contribution in [0.4, 0.5) is 0 Å². The Morgan fingerprint density at radius 3 is 2.76 bits per heavy atom. The molecule has 0 aromatic carbocycles. The molecule has 2 N–H and O–H groups in total. The molecule has 0 radical (unpaired) electrons. The third-order valence-corrected chi connectivity index (χ3v) is 4.78. The van der Waals surface area contributed by atoms with Gasteiger partial charge in [0.15, 0.2) is 0 Å². The van der Waals surface area contributed by atoms with E-state index in [0.717, 1.165) is 10.6 Å². The van der Waals surface area contributed by atoms with Crippen LogP contribution >= 0.6 is 11.3 Å². The van der Waals surface area contributed by atoms with Crippen molar-refractivity contribution >= 4 is 23.2 Å². The van der Waals surface area contributed by atoms with E-state index in [4.69, 9.17) is 9.52 Å². The first kappa shape index (κ1) is 16.9. The maximum absolute atomic E-state index is 12.4. The third-order valence-electron chi connectivity index (χ3n) is 3.58. The molecule has 130 valence electrons. The molecule has 3 aromatic rings. The molecule has 3 rings (SSSR count). The molecule has 0 aliphatic carbocycles. The van der Waals surface area contributed by atoms with Gasteiger partial charge in [0, 0.05) is 18.8 Å². The Kier molecular flexibility index (Phi) is 4.41. The fourth-order valence-corrected chi connectivity index (χ4v) is 3.31. The average molecular weight is 360 g/mol. The van der Waals surface area contributed by atoms with Crippen LogP contribution in [0, 0.1) is 13.8 Å². The lowest BCUT2D eigenvalue weighted by atomic mass is 10.2. The van der Waals surface area contributed by atoms with E-state index < -0.39 is 5.97 Å². The van der Waals surface area contributed by atoms with Gasteiger partial charge in [0.05, 0.1) is 18.4 Å². The van der Waals surface area contributed by atoms with Crippen molar-refractivity contribution in [3.8, 4) is 10.6 Å². The highest BCUT2D eigenvalue weighted by molar-refractivity contribution is 7.17. The Labute approximate surface area is 147 Å². The van der Waals surface area contributed by atoms with Crippen LogP contribution in [0.1, 0.15) is 37.2 Å². The van der Waals surface area contributed by atoms with Crippen molar-refractivity contribution in [2.24, 2.45) is 7.05 Å². The van der Waals surface area contributed by atoms with Crippen LogP contribution in [-0.2, 0) is 13.6 Å². The molecule has 0 saturated heterocycles. The smallest absolute Gasteiger partial charge is 0.339 e. The van der Waals surface area contributed by atoms with Crippen LogP contribution in [0.25, 0.3) is 10.6 Å². The van der Waals surface area contributed by atoms with Gasteiger partial charge < -0.3 is 14.8 Å². The number of carbonyl (C=O) groups excluding carboxylic acids is 1. The summed E-state index contributed by atoms with van der Waals surface area (Å²) in [5.41, 5.74) is 1.57. The Balaban J connectivity index is 1.72. The Morgan fingerprint density at radius 1 is 1.40 bits per heavy atom. The molecule has 0 unspecified atom stereocenters. The van der Waals surface area contributed by atoms with E-state index >= 15 is 0 Å². The van der Waals surface area contributed by atoms with Gasteiger partial charge in [-0.15, -0.1) is 11.3 Å². The molecule has 3 heterocycles. The summed E-state index contributed by atoms with van der Waals surface area (Å²) in [5.74, 6) is -0.642. The van der Waals surface area contributed by atoms with Gasteiger partial charge in [-0.3, -0.25) is 9.48 Å². The quantitative estimate of drug-likeness (QED) is 0.723. The van der Waals surface area contributed by atoms with Crippen LogP contribution < -0.4 is 5.32 Å². The summed E-state index contributed by atoms with van der Waals surface area (Å²) in [4.78, 5) is 28.3. The van der Waals surface area contributed by atoms with Crippen molar-refractivity contribution in [2.45, 2.75) is 20.4 Å². The Morgan fingerprint density at radius 2 is 2.16 bits per heavy atom. The van der Waals surface area contributed by atoms with E-state index in [0.29, 0.717) is 22.1 Å². The minimum Gasteiger partial charge on any atom is -0.478 e. The van der Waals surface area contributed by atoms with Crippen LogP contribution in [0.2, 0.25) is 0 Å². The van der Waals surface area contributed by atoms with Gasteiger partial charge in [0.25, 0.3) is 5.91 Å². The topological polar surface area (TPSA) is 110 Å². The zero-order valence-electron chi connectivity index (χ0n) is 13.9. The molecule has 3 aromatic heterocycles. The molecule has 1 amide bonds. The van der Waals surface area contributed by atoms with Gasteiger partial charge >= 0.3 is 5.97 Å². The number of carbonyl (C=O) groups is 2. The van der Waals surface area contributed by atoms with E-state index in [-0.39, 0.29) is 18.0 Å². The van der Waals surface area contributed by atoms with Crippen molar-refractivity contribution in [2.75, 3.05) is 0 Å². The largest absolute Gasteiger partial charge is 0.478 e. The predicted molar refractivity (Wildman–Crippen MR) is 90.6 cm³/mol. The SMILES string of the molecule is Cc1nc(-c2cnn(C)c2)sc1C(=O)NCc1cc(C(=O)O)c(C)o1. The normalized spacial score (nSPS) is 10.8. The molecule has 0 saturated carbocycles. The van der Waals surface area contributed by atoms with Gasteiger partial charge in [-0.25, -0.2) is 9.78 Å². The first-order valence-corrected chi connectivity index (χ1v) is 8.24. The predicted octanol–water partition coefficient (Wildman–Crippen LogP) is 2.38. The lowest BCUT2D eigenvalue weighted by Crippen LogP contribution is -2.22. The van der Waals surface area contributed by atoms with E-state index in [1.807, 2.05) is 13.2 Å². The van der Waals surface area contributed by atoms with E-state index in [1.54, 1.807) is 24.7 Å². The second-order valence-electron chi connectivity index (χ2n) is 5.51. The molecule has 0 aliphatic rings. The van der Waals surface area contributed by atoms with Crippen LogP contribution in [-0.4, -0.2) is 31.7 Å². The summed E-state index contributed by atoms with van der Waals surface area (Å²) >= 11 is 1.28. The summed E-state index contributed by atoms with van der Waals surface area (Å²) in [6.45, 7) is 3.44. The van der Waals surface area contributed by atoms with Crippen molar-refractivity contribution < 1.29 is 19.1 Å². The van der Waals surface area contributed by atoms with Gasteiger partial charge in [-0.2, -0.15) is 5.10 Å². The number of nitrogens with zero attached hydrogens (tertiary/aromatic N) is 3. The maximum atomic E-state index is 12.4. The monoisotopic (exact) mass is 360 g/mol. The molecule has 0 aliphatic heterocycles. The number of aromatic nitrogens is 3. The molecule has 0 spiro atoms. The van der Waals surface area contributed by atoms with Gasteiger partial charge in [-0.1, -0.05) is 0 Å². The summed E-state index contributed by atoms with van der Waals surface area (Å²) in [5, 5.41) is 16.6. The standard InChI is InChI=1S/C16H16N4O4S/c1-8-13(25-15(19-8)10-5-18-20(3)7-10)14(21)17-6-11-4-12(16(22)23)9(2)24-11/h4-5,7H,6H2,1-3H3,(H,17,21)(H,22,23). The maximum Gasteiger partial charge on any atom is 0.339 e. The number of hydrogen-bond donors (Lipinski definition) is 2. The Bertz CT molecular complexity index is 953. The number of aryl methyl sites for hydroxylation is 3. The van der Waals surface area contributed by atoms with Crippen LogP contribution in [0.15, 0.2) is 22.9 Å². The summed E-state index contributed by atoms with van der Waals surface area (Å²) in [7, 11) is 1.81. The molecule has 25 heavy (non-hydrogen) atoms. The second-order valence-corrected chi connectivity index (χ2v) is 6.51. The highest BCUT2D eigenvalue weighted by Gasteiger charge is 2.18. The molecule has 0 fully saturated rings. The Hall–Kier alpha value is -2.94. The molecule has 0 atom stereocenters. The highest BCUT2D eigenvalue weighted by atomic mass is 32.1. The minimum absolute atomic E-state index is 0.0945. The molecule has 8 nitrogen and oxygen atoms in total. The van der Waals surface area contributed by atoms with E-state index in [9.17, 15) is 9.59 Å². The fraction of sp³-hybridized carbons (Fsp3) is 0.250. The number of rotatable bonds is 5. The van der Waals surface area contributed by atoms with Gasteiger partial charge in [-0.05, 0) is 19.9 Å². The first-order chi connectivity index (χ1) is 11.8. The van der Waals surface area contributed by atoms with E-state index in [2.05, 4.69) is 15.4 Å². The minimum atomic E-state index is -1.06. The van der Waals surface area contributed by atoms with Gasteiger partial charge in [0.2, 0.25) is 0 Å². The number of nitrogens with one attached hydrogen (secondary N) is 1. The summed E-state index contributed by atoms with van der Waals surface area (Å²) < 4.78 is 7.02. The number of carboxylic acid groups (broad SMARTS) is 1. The van der Waals surface area contributed by atoms with Crippen molar-refractivity contribution in [3.63, 3.8) is 0 Å². The third kappa shape index (κ3) is 3.45. The van der Waals surface area contributed by atoms with Crippen molar-refractivity contribution in [1.29, 1.82) is 0 Å². The number of amides is 1. The number of hydrogen-bond acceptors (Lipinski definition) is 6. The van der Waals surface area contributed by atoms with Crippen LogP contribution in [0.5, 0.6) is 0 Å². The molecular formula is C16H16N4O4S. The number of aromatic carboxylic acids is 1. The first-order valence-electron chi connectivity index (χ1n) is 7.42. The summed E-state index contributed by atoms with van der Waals surface area (Å²) in [6.07, 6.45) is 3.53. The molecule has 9 heteroatoms. The molecule has 0 bridgehead atoms. The summed E-state index contributed by atoms with van der Waals surface area (Å²) in [6, 6.07) is 1.42. The van der Waals surface area contributed by atoms with Crippen LogP contribution in [0.3, 0.4) is 0 Å². The number of thiazole rings is 1. The van der Waals surface area contributed by atoms with Gasteiger partial charge in [0.1, 0.15) is 27.0 Å². The van der Waals surface area contributed by atoms with Crippen molar-refractivity contribution in [1.82, 2.24) is 20.1 Å².